The lowest BCUT2D eigenvalue weighted by Gasteiger charge is -2.32. The molecule has 256 valence electrons. The molecule has 2 nitrogen and oxygen atoms in total. The minimum atomic E-state index is -0.454. The highest BCUT2D eigenvalue weighted by atomic mass is 16.3. The van der Waals surface area contributed by atoms with E-state index < -0.39 is 5.41 Å². The molecule has 0 amide bonds. The van der Waals surface area contributed by atoms with Crippen molar-refractivity contribution in [3.63, 3.8) is 0 Å². The summed E-state index contributed by atoms with van der Waals surface area (Å²) in [5.74, 6) is 0. The molecule has 2 aliphatic carbocycles. The number of hydrogen-bond donors (Lipinski definition) is 0. The van der Waals surface area contributed by atoms with Gasteiger partial charge in [-0.05, 0) is 103 Å². The SMILES string of the molecule is c1ccc(-c2cccc(N(c3ccc4c(c3)C3(c5ccccc5-c5ccccc53)c3ccccc3-4)c3cc4ccccc4c4c3oc3ccccc34)c2)cc1. The van der Waals surface area contributed by atoms with E-state index in [1.807, 2.05) is 0 Å². The van der Waals surface area contributed by atoms with Gasteiger partial charge in [-0.3, -0.25) is 0 Å². The van der Waals surface area contributed by atoms with Crippen LogP contribution in [0.4, 0.5) is 17.1 Å². The summed E-state index contributed by atoms with van der Waals surface area (Å²) in [4.78, 5) is 2.42. The number of furan rings is 1. The van der Waals surface area contributed by atoms with E-state index in [0.717, 1.165) is 44.6 Å². The van der Waals surface area contributed by atoms with Crippen LogP contribution < -0.4 is 4.90 Å². The fourth-order valence-corrected chi connectivity index (χ4v) is 9.83. The molecule has 0 saturated carbocycles. The molecule has 2 aliphatic rings. The molecule has 1 spiro atoms. The van der Waals surface area contributed by atoms with Crippen molar-refractivity contribution in [1.29, 1.82) is 0 Å². The topological polar surface area (TPSA) is 16.4 Å². The van der Waals surface area contributed by atoms with Crippen molar-refractivity contribution in [2.24, 2.45) is 0 Å². The number of fused-ring (bicyclic) bond motifs is 15. The summed E-state index contributed by atoms with van der Waals surface area (Å²) in [5.41, 5.74) is 17.3. The van der Waals surface area contributed by atoms with E-state index in [-0.39, 0.29) is 0 Å². The van der Waals surface area contributed by atoms with Gasteiger partial charge in [-0.2, -0.15) is 0 Å². The van der Waals surface area contributed by atoms with Crippen molar-refractivity contribution in [1.82, 2.24) is 0 Å². The lowest BCUT2D eigenvalue weighted by atomic mass is 9.70. The van der Waals surface area contributed by atoms with Crippen LogP contribution in [0.25, 0.3) is 66.1 Å². The normalized spacial score (nSPS) is 13.2. The molecule has 12 rings (SSSR count). The lowest BCUT2D eigenvalue weighted by Crippen LogP contribution is -2.26. The molecular weight excluding hydrogens is 667 g/mol. The smallest absolute Gasteiger partial charge is 0.160 e. The summed E-state index contributed by atoms with van der Waals surface area (Å²) in [6.45, 7) is 0. The van der Waals surface area contributed by atoms with Crippen molar-refractivity contribution in [3.05, 3.63) is 222 Å². The third kappa shape index (κ3) is 4.14. The Hall–Kier alpha value is -7.16. The van der Waals surface area contributed by atoms with Crippen LogP contribution in [0.2, 0.25) is 0 Å². The van der Waals surface area contributed by atoms with E-state index in [2.05, 4.69) is 205 Å². The van der Waals surface area contributed by atoms with E-state index in [0.29, 0.717) is 0 Å². The predicted octanol–water partition coefficient (Wildman–Crippen LogP) is 14.2. The standard InChI is InChI=1S/C53H33NO/c1-2-15-34(16-3-1)35-18-14-19-37(31-35)54(49-32-36-17-4-5-20-39(36)51-44-24-9-13-28-50(44)55-52(49)51)38-29-30-43-42-23-8-12-27-47(42)53(48(43)33-38)45-25-10-6-21-40(45)41-22-7-11-26-46(41)53/h1-33H. The Balaban J connectivity index is 1.19. The Morgan fingerprint density at radius 1 is 0.382 bits per heavy atom. The third-order valence-corrected chi connectivity index (χ3v) is 12.0. The van der Waals surface area contributed by atoms with Gasteiger partial charge >= 0.3 is 0 Å². The maximum absolute atomic E-state index is 6.92. The van der Waals surface area contributed by atoms with Crippen LogP contribution in [-0.2, 0) is 5.41 Å². The molecule has 0 atom stereocenters. The zero-order chi connectivity index (χ0) is 36.1. The summed E-state index contributed by atoms with van der Waals surface area (Å²) in [5, 5.41) is 4.61. The Bertz CT molecular complexity index is 3110. The van der Waals surface area contributed by atoms with E-state index in [1.165, 1.54) is 60.8 Å². The van der Waals surface area contributed by atoms with Gasteiger partial charge in [0, 0.05) is 22.1 Å². The fourth-order valence-electron chi connectivity index (χ4n) is 9.83. The van der Waals surface area contributed by atoms with Crippen LogP contribution in [0, 0.1) is 0 Å². The zero-order valence-corrected chi connectivity index (χ0v) is 29.9. The van der Waals surface area contributed by atoms with Crippen molar-refractivity contribution in [2.75, 3.05) is 4.90 Å². The Morgan fingerprint density at radius 3 is 1.67 bits per heavy atom. The van der Waals surface area contributed by atoms with Crippen LogP contribution in [-0.4, -0.2) is 0 Å². The summed E-state index contributed by atoms with van der Waals surface area (Å²) in [6.07, 6.45) is 0. The molecule has 0 aliphatic heterocycles. The Kier molecular flexibility index (Phi) is 6.29. The van der Waals surface area contributed by atoms with Crippen LogP contribution >= 0.6 is 0 Å². The number of benzene rings is 9. The molecule has 55 heavy (non-hydrogen) atoms. The summed E-state index contributed by atoms with van der Waals surface area (Å²) < 4.78 is 6.92. The third-order valence-electron chi connectivity index (χ3n) is 12.0. The molecule has 10 aromatic rings. The van der Waals surface area contributed by atoms with Gasteiger partial charge in [-0.15, -0.1) is 0 Å². The van der Waals surface area contributed by atoms with Crippen molar-refractivity contribution in [3.8, 4) is 33.4 Å². The first-order chi connectivity index (χ1) is 27.3. The molecule has 1 heterocycles. The fraction of sp³-hybridized carbons (Fsp3) is 0.0189. The van der Waals surface area contributed by atoms with Crippen LogP contribution in [0.15, 0.2) is 205 Å². The number of para-hydroxylation sites is 1. The van der Waals surface area contributed by atoms with Gasteiger partial charge < -0.3 is 9.32 Å². The highest BCUT2D eigenvalue weighted by Gasteiger charge is 2.51. The molecule has 0 N–H and O–H groups in total. The molecule has 2 heteroatoms. The maximum atomic E-state index is 6.92. The number of hydrogen-bond acceptors (Lipinski definition) is 2. The number of anilines is 3. The lowest BCUT2D eigenvalue weighted by molar-refractivity contribution is 0.669. The van der Waals surface area contributed by atoms with E-state index in [4.69, 9.17) is 4.42 Å². The van der Waals surface area contributed by atoms with Crippen LogP contribution in [0.5, 0.6) is 0 Å². The second kappa shape index (κ2) is 11.4. The van der Waals surface area contributed by atoms with Gasteiger partial charge in [-0.1, -0.05) is 164 Å². The van der Waals surface area contributed by atoms with Gasteiger partial charge in [0.05, 0.1) is 11.1 Å². The van der Waals surface area contributed by atoms with Gasteiger partial charge in [0.2, 0.25) is 0 Å². The summed E-state index contributed by atoms with van der Waals surface area (Å²) in [7, 11) is 0. The highest BCUT2D eigenvalue weighted by molar-refractivity contribution is 6.23. The van der Waals surface area contributed by atoms with Gasteiger partial charge in [0.15, 0.2) is 5.58 Å². The molecule has 0 radical (unpaired) electrons. The second-order valence-electron chi connectivity index (χ2n) is 14.8. The van der Waals surface area contributed by atoms with Gasteiger partial charge in [0.25, 0.3) is 0 Å². The monoisotopic (exact) mass is 699 g/mol. The minimum Gasteiger partial charge on any atom is -0.454 e. The first-order valence-electron chi connectivity index (χ1n) is 19.0. The van der Waals surface area contributed by atoms with E-state index in [1.54, 1.807) is 0 Å². The summed E-state index contributed by atoms with van der Waals surface area (Å²) >= 11 is 0. The van der Waals surface area contributed by atoms with Crippen LogP contribution in [0.1, 0.15) is 22.3 Å². The second-order valence-corrected chi connectivity index (χ2v) is 14.8. The zero-order valence-electron chi connectivity index (χ0n) is 29.9. The first kappa shape index (κ1) is 30.3. The molecule has 0 saturated heterocycles. The Labute approximate surface area is 319 Å². The molecule has 0 unspecified atom stereocenters. The first-order valence-corrected chi connectivity index (χ1v) is 19.0. The predicted molar refractivity (Wildman–Crippen MR) is 228 cm³/mol. The molecular formula is C53H33NO. The number of nitrogens with zero attached hydrogens (tertiary/aromatic N) is 1. The largest absolute Gasteiger partial charge is 0.454 e. The quantitative estimate of drug-likeness (QED) is 0.182. The summed E-state index contributed by atoms with van der Waals surface area (Å²) in [6, 6.07) is 73.2. The average molecular weight is 700 g/mol. The van der Waals surface area contributed by atoms with Crippen LogP contribution in [0.3, 0.4) is 0 Å². The molecule has 0 fully saturated rings. The molecule has 0 bridgehead atoms. The number of rotatable bonds is 4. The van der Waals surface area contributed by atoms with E-state index in [9.17, 15) is 0 Å². The van der Waals surface area contributed by atoms with Gasteiger partial charge in [-0.25, -0.2) is 0 Å². The molecule has 1 aromatic heterocycles. The highest BCUT2D eigenvalue weighted by Crippen LogP contribution is 2.63. The minimum absolute atomic E-state index is 0.454. The van der Waals surface area contributed by atoms with Crippen molar-refractivity contribution >= 4 is 49.8 Å². The Morgan fingerprint density at radius 2 is 0.945 bits per heavy atom. The van der Waals surface area contributed by atoms with E-state index >= 15 is 0 Å². The maximum Gasteiger partial charge on any atom is 0.160 e. The van der Waals surface area contributed by atoms with Gasteiger partial charge in [0.1, 0.15) is 5.58 Å². The van der Waals surface area contributed by atoms with Crippen molar-refractivity contribution in [2.45, 2.75) is 5.41 Å². The average Bonchev–Trinajstić information content (AvgIpc) is 3.89. The van der Waals surface area contributed by atoms with Crippen molar-refractivity contribution < 1.29 is 4.42 Å². The molecule has 9 aromatic carbocycles.